The highest BCUT2D eigenvalue weighted by Crippen LogP contribution is 2.39. The van der Waals surface area contributed by atoms with Gasteiger partial charge in [0.2, 0.25) is 5.91 Å². The molecular weight excluding hydrogens is 310 g/mol. The summed E-state index contributed by atoms with van der Waals surface area (Å²) >= 11 is 1.70. The second-order valence-corrected chi connectivity index (χ2v) is 7.51. The molecule has 2 N–H and O–H groups in total. The number of aliphatic carboxylic acids is 1. The third kappa shape index (κ3) is 3.71. The number of benzene rings is 1. The van der Waals surface area contributed by atoms with Crippen molar-refractivity contribution in [1.82, 2.24) is 5.32 Å². The lowest BCUT2D eigenvalue weighted by molar-refractivity contribution is -0.143. The van der Waals surface area contributed by atoms with Crippen LogP contribution in [0.1, 0.15) is 50.0 Å². The number of carbonyl (C=O) groups excluding carboxylic acids is 1. The SMILES string of the molecule is O=C(NC1CCCCCCC1C(=O)O)C1CSc2ccccc21. The average Bonchev–Trinajstić information content (AvgIpc) is 2.93. The lowest BCUT2D eigenvalue weighted by atomic mass is 9.86. The molecule has 1 aliphatic heterocycles. The molecule has 2 aliphatic rings. The van der Waals surface area contributed by atoms with Crippen molar-refractivity contribution >= 4 is 23.6 Å². The summed E-state index contributed by atoms with van der Waals surface area (Å²) in [5, 5.41) is 12.6. The van der Waals surface area contributed by atoms with E-state index in [-0.39, 0.29) is 17.9 Å². The molecule has 3 unspecified atom stereocenters. The van der Waals surface area contributed by atoms with Crippen molar-refractivity contribution < 1.29 is 14.7 Å². The zero-order valence-corrected chi connectivity index (χ0v) is 14.0. The van der Waals surface area contributed by atoms with Crippen LogP contribution in [0.4, 0.5) is 0 Å². The third-order valence-electron chi connectivity index (χ3n) is 4.93. The molecule has 5 heteroatoms. The second kappa shape index (κ2) is 7.39. The van der Waals surface area contributed by atoms with Gasteiger partial charge in [0.15, 0.2) is 0 Å². The maximum absolute atomic E-state index is 12.7. The Morgan fingerprint density at radius 3 is 2.61 bits per heavy atom. The molecule has 1 amide bonds. The van der Waals surface area contributed by atoms with Gasteiger partial charge in [-0.3, -0.25) is 9.59 Å². The van der Waals surface area contributed by atoms with Crippen LogP contribution in [0.15, 0.2) is 29.2 Å². The van der Waals surface area contributed by atoms with Crippen molar-refractivity contribution in [3.05, 3.63) is 29.8 Å². The lowest BCUT2D eigenvalue weighted by Gasteiger charge is -2.28. The van der Waals surface area contributed by atoms with E-state index in [1.807, 2.05) is 24.3 Å². The van der Waals surface area contributed by atoms with Crippen LogP contribution >= 0.6 is 11.8 Å². The highest BCUT2D eigenvalue weighted by atomic mass is 32.2. The molecule has 3 rings (SSSR count). The molecular formula is C18H23NO3S. The van der Waals surface area contributed by atoms with Gasteiger partial charge in [0.25, 0.3) is 0 Å². The minimum Gasteiger partial charge on any atom is -0.481 e. The maximum atomic E-state index is 12.7. The second-order valence-electron chi connectivity index (χ2n) is 6.45. The summed E-state index contributed by atoms with van der Waals surface area (Å²) < 4.78 is 0. The van der Waals surface area contributed by atoms with Gasteiger partial charge in [0.05, 0.1) is 11.8 Å². The van der Waals surface area contributed by atoms with Gasteiger partial charge < -0.3 is 10.4 Å². The van der Waals surface area contributed by atoms with Gasteiger partial charge in [0.1, 0.15) is 0 Å². The van der Waals surface area contributed by atoms with E-state index < -0.39 is 11.9 Å². The molecule has 1 aliphatic carbocycles. The summed E-state index contributed by atoms with van der Waals surface area (Å²) in [5.74, 6) is -0.660. The van der Waals surface area contributed by atoms with Gasteiger partial charge >= 0.3 is 5.97 Å². The first-order valence-electron chi connectivity index (χ1n) is 8.41. The van der Waals surface area contributed by atoms with Crippen LogP contribution in [0.3, 0.4) is 0 Å². The molecule has 0 spiro atoms. The van der Waals surface area contributed by atoms with Crippen LogP contribution in [0.2, 0.25) is 0 Å². The van der Waals surface area contributed by atoms with E-state index in [0.717, 1.165) is 43.4 Å². The van der Waals surface area contributed by atoms with E-state index in [4.69, 9.17) is 0 Å². The van der Waals surface area contributed by atoms with Crippen molar-refractivity contribution in [2.24, 2.45) is 5.92 Å². The standard InChI is InChI=1S/C18H23NO3S/c20-17(14-11-23-16-10-6-5-7-12(14)16)19-15-9-4-2-1-3-8-13(15)18(21)22/h5-7,10,13-15H,1-4,8-9,11H2,(H,19,20)(H,21,22). The molecule has 0 radical (unpaired) electrons. The Labute approximate surface area is 141 Å². The molecule has 1 heterocycles. The number of carboxylic acids is 1. The fraction of sp³-hybridized carbons (Fsp3) is 0.556. The number of nitrogens with one attached hydrogen (secondary N) is 1. The van der Waals surface area contributed by atoms with Gasteiger partial charge in [-0.05, 0) is 24.5 Å². The number of rotatable bonds is 3. The van der Waals surface area contributed by atoms with E-state index in [2.05, 4.69) is 5.32 Å². The summed E-state index contributed by atoms with van der Waals surface area (Å²) in [5.41, 5.74) is 1.08. The largest absolute Gasteiger partial charge is 0.481 e. The maximum Gasteiger partial charge on any atom is 0.308 e. The fourth-order valence-corrected chi connectivity index (χ4v) is 4.84. The van der Waals surface area contributed by atoms with Crippen molar-refractivity contribution in [3.8, 4) is 0 Å². The molecule has 1 aromatic rings. The average molecular weight is 333 g/mol. The van der Waals surface area contributed by atoms with Crippen LogP contribution in [-0.2, 0) is 9.59 Å². The first kappa shape index (κ1) is 16.4. The first-order valence-corrected chi connectivity index (χ1v) is 9.40. The Hall–Kier alpha value is -1.49. The minimum absolute atomic E-state index is 0.0146. The smallest absolute Gasteiger partial charge is 0.308 e. The van der Waals surface area contributed by atoms with Crippen molar-refractivity contribution in [2.75, 3.05) is 5.75 Å². The Morgan fingerprint density at radius 2 is 1.83 bits per heavy atom. The number of amides is 1. The van der Waals surface area contributed by atoms with E-state index in [0.29, 0.717) is 6.42 Å². The number of carboxylic acid groups (broad SMARTS) is 1. The van der Waals surface area contributed by atoms with Crippen molar-refractivity contribution in [2.45, 2.75) is 55.4 Å². The van der Waals surface area contributed by atoms with E-state index in [1.165, 1.54) is 4.90 Å². The Bertz CT molecular complexity index is 589. The predicted octanol–water partition coefficient (Wildman–Crippen LogP) is 3.42. The highest BCUT2D eigenvalue weighted by Gasteiger charge is 2.34. The summed E-state index contributed by atoms with van der Waals surface area (Å²) in [6.45, 7) is 0. The minimum atomic E-state index is -0.779. The molecule has 23 heavy (non-hydrogen) atoms. The van der Waals surface area contributed by atoms with Crippen LogP contribution in [0.25, 0.3) is 0 Å². The monoisotopic (exact) mass is 333 g/mol. The van der Waals surface area contributed by atoms with Gasteiger partial charge in [-0.25, -0.2) is 0 Å². The summed E-state index contributed by atoms with van der Waals surface area (Å²) in [4.78, 5) is 25.5. The van der Waals surface area contributed by atoms with Gasteiger partial charge in [-0.2, -0.15) is 0 Å². The zero-order chi connectivity index (χ0) is 16.2. The molecule has 1 fully saturated rings. The molecule has 0 saturated heterocycles. The van der Waals surface area contributed by atoms with Crippen LogP contribution in [0, 0.1) is 5.92 Å². The lowest BCUT2D eigenvalue weighted by Crippen LogP contribution is -2.45. The third-order valence-corrected chi connectivity index (χ3v) is 6.11. The van der Waals surface area contributed by atoms with Gasteiger partial charge in [-0.1, -0.05) is 43.9 Å². The van der Waals surface area contributed by atoms with E-state index >= 15 is 0 Å². The summed E-state index contributed by atoms with van der Waals surface area (Å²) in [6.07, 6.45) is 5.58. The summed E-state index contributed by atoms with van der Waals surface area (Å²) in [7, 11) is 0. The topological polar surface area (TPSA) is 66.4 Å². The quantitative estimate of drug-likeness (QED) is 0.889. The normalized spacial score (nSPS) is 27.6. The zero-order valence-electron chi connectivity index (χ0n) is 13.2. The predicted molar refractivity (Wildman–Crippen MR) is 90.7 cm³/mol. The molecule has 1 saturated carbocycles. The number of thioether (sulfide) groups is 1. The van der Waals surface area contributed by atoms with Crippen molar-refractivity contribution in [3.63, 3.8) is 0 Å². The van der Waals surface area contributed by atoms with E-state index in [9.17, 15) is 14.7 Å². The molecule has 3 atom stereocenters. The highest BCUT2D eigenvalue weighted by molar-refractivity contribution is 7.99. The number of carbonyl (C=O) groups is 2. The number of fused-ring (bicyclic) bond motifs is 1. The molecule has 1 aromatic carbocycles. The molecule has 4 nitrogen and oxygen atoms in total. The van der Waals surface area contributed by atoms with Crippen LogP contribution in [-0.4, -0.2) is 28.8 Å². The fourth-order valence-electron chi connectivity index (χ4n) is 3.62. The Kier molecular flexibility index (Phi) is 5.26. The Morgan fingerprint density at radius 1 is 1.09 bits per heavy atom. The van der Waals surface area contributed by atoms with Gasteiger partial charge in [0, 0.05) is 16.7 Å². The molecule has 0 bridgehead atoms. The number of hydrogen-bond donors (Lipinski definition) is 2. The van der Waals surface area contributed by atoms with Crippen LogP contribution < -0.4 is 5.32 Å². The first-order chi connectivity index (χ1) is 11.2. The molecule has 0 aromatic heterocycles. The van der Waals surface area contributed by atoms with Gasteiger partial charge in [-0.15, -0.1) is 11.8 Å². The van der Waals surface area contributed by atoms with E-state index in [1.54, 1.807) is 11.8 Å². The Balaban J connectivity index is 1.71. The number of hydrogen-bond acceptors (Lipinski definition) is 3. The van der Waals surface area contributed by atoms with Crippen LogP contribution in [0.5, 0.6) is 0 Å². The summed E-state index contributed by atoms with van der Waals surface area (Å²) in [6, 6.07) is 7.76. The molecule has 124 valence electrons. The van der Waals surface area contributed by atoms with Crippen molar-refractivity contribution in [1.29, 1.82) is 0 Å².